The van der Waals surface area contributed by atoms with E-state index in [1.54, 1.807) is 35.4 Å². The van der Waals surface area contributed by atoms with Gasteiger partial charge in [0, 0.05) is 25.8 Å². The quantitative estimate of drug-likeness (QED) is 0.918. The summed E-state index contributed by atoms with van der Waals surface area (Å²) >= 11 is 0. The molecule has 3 rings (SSSR count). The Morgan fingerprint density at radius 3 is 2.95 bits per heavy atom. The smallest absolute Gasteiger partial charge is 0.273 e. The molecule has 21 heavy (non-hydrogen) atoms. The highest BCUT2D eigenvalue weighted by molar-refractivity contribution is 5.92. The Bertz CT molecular complexity index is 632. The second-order valence-electron chi connectivity index (χ2n) is 4.99. The molecule has 108 valence electrons. The Kier molecular flexibility index (Phi) is 3.92. The van der Waals surface area contributed by atoms with Gasteiger partial charge in [-0.1, -0.05) is 18.2 Å². The Hall–Kier alpha value is -2.27. The lowest BCUT2D eigenvalue weighted by Gasteiger charge is -2.36. The first-order valence-corrected chi connectivity index (χ1v) is 6.94. The molecule has 0 radical (unpaired) electrons. The maximum atomic E-state index is 13.4. The van der Waals surface area contributed by atoms with E-state index in [-0.39, 0.29) is 17.8 Å². The number of piperazine rings is 1. The number of hydrogen-bond donors (Lipinski definition) is 1. The van der Waals surface area contributed by atoms with Gasteiger partial charge in [0.15, 0.2) is 0 Å². The molecule has 1 aliphatic rings. The van der Waals surface area contributed by atoms with E-state index in [0.29, 0.717) is 18.8 Å². The lowest BCUT2D eigenvalue weighted by atomic mass is 10.0. The van der Waals surface area contributed by atoms with Crippen molar-refractivity contribution in [3.05, 3.63) is 65.7 Å². The molecule has 1 atom stereocenters. The van der Waals surface area contributed by atoms with Gasteiger partial charge in [0.2, 0.25) is 0 Å². The molecule has 1 aliphatic heterocycles. The van der Waals surface area contributed by atoms with Crippen LogP contribution in [0.4, 0.5) is 4.39 Å². The molecule has 0 bridgehead atoms. The van der Waals surface area contributed by atoms with E-state index in [9.17, 15) is 9.18 Å². The van der Waals surface area contributed by atoms with Crippen molar-refractivity contribution in [3.63, 3.8) is 0 Å². The number of hydrogen-bond acceptors (Lipinski definition) is 3. The molecule has 1 unspecified atom stereocenters. The van der Waals surface area contributed by atoms with E-state index in [0.717, 1.165) is 12.1 Å². The van der Waals surface area contributed by atoms with Crippen LogP contribution in [0, 0.1) is 5.82 Å². The predicted molar refractivity (Wildman–Crippen MR) is 77.3 cm³/mol. The number of aromatic nitrogens is 1. The van der Waals surface area contributed by atoms with Gasteiger partial charge in [-0.25, -0.2) is 4.39 Å². The van der Waals surface area contributed by atoms with Crippen LogP contribution in [0.3, 0.4) is 0 Å². The van der Waals surface area contributed by atoms with Crippen LogP contribution in [0.25, 0.3) is 0 Å². The van der Waals surface area contributed by atoms with Crippen molar-refractivity contribution >= 4 is 5.91 Å². The fourth-order valence-electron chi connectivity index (χ4n) is 2.60. The fourth-order valence-corrected chi connectivity index (χ4v) is 2.60. The minimum Gasteiger partial charge on any atom is -0.328 e. The number of rotatable bonds is 2. The maximum absolute atomic E-state index is 13.4. The van der Waals surface area contributed by atoms with Gasteiger partial charge in [-0.3, -0.25) is 9.78 Å². The number of nitrogens with one attached hydrogen (secondary N) is 1. The summed E-state index contributed by atoms with van der Waals surface area (Å²) in [5.41, 5.74) is 1.22. The maximum Gasteiger partial charge on any atom is 0.273 e. The van der Waals surface area contributed by atoms with E-state index in [2.05, 4.69) is 10.3 Å². The van der Waals surface area contributed by atoms with Crippen LogP contribution in [0.1, 0.15) is 22.1 Å². The summed E-state index contributed by atoms with van der Waals surface area (Å²) in [5.74, 6) is -0.408. The van der Waals surface area contributed by atoms with Crippen LogP contribution in [-0.4, -0.2) is 35.4 Å². The van der Waals surface area contributed by atoms with Gasteiger partial charge in [0.1, 0.15) is 11.5 Å². The van der Waals surface area contributed by atoms with Gasteiger partial charge in [-0.2, -0.15) is 0 Å². The third kappa shape index (κ3) is 2.92. The zero-order chi connectivity index (χ0) is 14.7. The average Bonchev–Trinajstić information content (AvgIpc) is 2.55. The average molecular weight is 285 g/mol. The monoisotopic (exact) mass is 285 g/mol. The van der Waals surface area contributed by atoms with Gasteiger partial charge < -0.3 is 10.2 Å². The first-order valence-electron chi connectivity index (χ1n) is 6.94. The van der Waals surface area contributed by atoms with Crippen molar-refractivity contribution in [1.82, 2.24) is 15.2 Å². The summed E-state index contributed by atoms with van der Waals surface area (Å²) in [6, 6.07) is 11.5. The van der Waals surface area contributed by atoms with Crippen molar-refractivity contribution in [2.75, 3.05) is 19.6 Å². The summed E-state index contributed by atoms with van der Waals surface area (Å²) < 4.78 is 13.4. The molecular weight excluding hydrogens is 269 g/mol. The van der Waals surface area contributed by atoms with Gasteiger partial charge in [-0.15, -0.1) is 0 Å². The van der Waals surface area contributed by atoms with Crippen LogP contribution in [0.2, 0.25) is 0 Å². The molecule has 0 aliphatic carbocycles. The van der Waals surface area contributed by atoms with Crippen molar-refractivity contribution in [1.29, 1.82) is 0 Å². The largest absolute Gasteiger partial charge is 0.328 e. The molecule has 0 spiro atoms. The van der Waals surface area contributed by atoms with E-state index >= 15 is 0 Å². The zero-order valence-electron chi connectivity index (χ0n) is 11.5. The van der Waals surface area contributed by atoms with E-state index in [1.165, 1.54) is 12.1 Å². The van der Waals surface area contributed by atoms with Crippen LogP contribution < -0.4 is 5.32 Å². The molecule has 1 N–H and O–H groups in total. The van der Waals surface area contributed by atoms with Gasteiger partial charge >= 0.3 is 0 Å². The third-order valence-electron chi connectivity index (χ3n) is 3.62. The summed E-state index contributed by atoms with van der Waals surface area (Å²) in [6.07, 6.45) is 1.60. The minimum absolute atomic E-state index is 0.119. The van der Waals surface area contributed by atoms with Crippen molar-refractivity contribution in [3.8, 4) is 0 Å². The molecule has 1 aromatic carbocycles. The Morgan fingerprint density at radius 2 is 2.19 bits per heavy atom. The molecule has 1 fully saturated rings. The Balaban J connectivity index is 1.90. The van der Waals surface area contributed by atoms with Crippen molar-refractivity contribution in [2.24, 2.45) is 0 Å². The highest BCUT2D eigenvalue weighted by atomic mass is 19.1. The number of pyridine rings is 1. The van der Waals surface area contributed by atoms with E-state index in [4.69, 9.17) is 0 Å². The van der Waals surface area contributed by atoms with Crippen molar-refractivity contribution in [2.45, 2.75) is 6.04 Å². The Labute approximate surface area is 122 Å². The van der Waals surface area contributed by atoms with Crippen molar-refractivity contribution < 1.29 is 9.18 Å². The fraction of sp³-hybridized carbons (Fsp3) is 0.250. The first kappa shape index (κ1) is 13.7. The number of carbonyl (C=O) groups excluding carboxylic acids is 1. The molecule has 0 saturated carbocycles. The normalized spacial score (nSPS) is 18.5. The summed E-state index contributed by atoms with van der Waals surface area (Å²) in [7, 11) is 0. The molecule has 1 amide bonds. The topological polar surface area (TPSA) is 45.2 Å². The lowest BCUT2D eigenvalue weighted by Crippen LogP contribution is -2.48. The summed E-state index contributed by atoms with van der Waals surface area (Å²) in [4.78, 5) is 18.5. The molecule has 1 saturated heterocycles. The van der Waals surface area contributed by atoms with Gasteiger partial charge in [0.25, 0.3) is 5.91 Å². The molecule has 2 heterocycles. The number of benzene rings is 1. The molecule has 5 heteroatoms. The van der Waals surface area contributed by atoms with E-state index in [1.807, 2.05) is 6.07 Å². The van der Waals surface area contributed by atoms with Crippen LogP contribution in [-0.2, 0) is 0 Å². The molecule has 4 nitrogen and oxygen atoms in total. The number of amides is 1. The number of nitrogens with zero attached hydrogens (tertiary/aromatic N) is 2. The van der Waals surface area contributed by atoms with Crippen LogP contribution in [0.15, 0.2) is 48.7 Å². The lowest BCUT2D eigenvalue weighted by molar-refractivity contribution is 0.0628. The summed E-state index contributed by atoms with van der Waals surface area (Å²) in [5, 5.41) is 3.25. The first-order chi connectivity index (χ1) is 10.3. The second-order valence-corrected chi connectivity index (χ2v) is 4.99. The summed E-state index contributed by atoms with van der Waals surface area (Å²) in [6.45, 7) is 1.92. The number of carbonyl (C=O) groups is 1. The molecule has 1 aromatic heterocycles. The highest BCUT2D eigenvalue weighted by Gasteiger charge is 2.29. The predicted octanol–water partition coefficient (Wildman–Crippen LogP) is 2.01. The zero-order valence-corrected chi connectivity index (χ0v) is 11.5. The van der Waals surface area contributed by atoms with Gasteiger partial charge in [0.05, 0.1) is 6.04 Å². The Morgan fingerprint density at radius 1 is 1.29 bits per heavy atom. The number of halogens is 1. The van der Waals surface area contributed by atoms with Gasteiger partial charge in [-0.05, 0) is 29.8 Å². The standard InChI is InChI=1S/C16H16FN3O/c17-13-5-3-4-12(10-13)15-11-18-8-9-20(15)16(21)14-6-1-2-7-19-14/h1-7,10,15,18H,8-9,11H2. The highest BCUT2D eigenvalue weighted by Crippen LogP contribution is 2.24. The molecular formula is C16H16FN3O. The minimum atomic E-state index is -0.289. The van der Waals surface area contributed by atoms with E-state index < -0.39 is 0 Å². The van der Waals surface area contributed by atoms with Crippen LogP contribution >= 0.6 is 0 Å². The second kappa shape index (κ2) is 6.01. The molecule has 2 aromatic rings. The third-order valence-corrected chi connectivity index (χ3v) is 3.62. The van der Waals surface area contributed by atoms with Crippen LogP contribution in [0.5, 0.6) is 0 Å². The SMILES string of the molecule is O=C(c1ccccn1)N1CCNCC1c1cccc(F)c1.